The van der Waals surface area contributed by atoms with E-state index in [0.29, 0.717) is 5.02 Å². The van der Waals surface area contributed by atoms with E-state index < -0.39 is 9.84 Å². The molecule has 0 aliphatic rings. The molecule has 0 bridgehead atoms. The molecule has 0 radical (unpaired) electrons. The first-order valence-corrected chi connectivity index (χ1v) is 7.85. The van der Waals surface area contributed by atoms with Gasteiger partial charge in [-0.05, 0) is 37.6 Å². The van der Waals surface area contributed by atoms with Crippen molar-refractivity contribution in [3.8, 4) is 0 Å². The molecule has 0 amide bonds. The highest BCUT2D eigenvalue weighted by molar-refractivity contribution is 7.91. The normalized spacial score (nSPS) is 12.5. The molecular formula is C13H16ClNO2S. The molecule has 0 spiro atoms. The van der Waals surface area contributed by atoms with Crippen LogP contribution in [0.25, 0.3) is 10.9 Å². The third kappa shape index (κ3) is 2.40. The standard InChI is InChI=1S/C13H16ClNO2S/c1-9(2)18(16,17)8-10-7-15(3)13-5-4-11(14)6-12(10)13/h4-7,9H,8H2,1-3H3. The number of rotatable bonds is 3. The highest BCUT2D eigenvalue weighted by atomic mass is 35.5. The molecule has 5 heteroatoms. The summed E-state index contributed by atoms with van der Waals surface area (Å²) >= 11 is 5.97. The minimum absolute atomic E-state index is 0.0579. The lowest BCUT2D eigenvalue weighted by molar-refractivity contribution is 0.586. The number of hydrogen-bond donors (Lipinski definition) is 0. The van der Waals surface area contributed by atoms with E-state index in [0.717, 1.165) is 16.5 Å². The molecule has 1 heterocycles. The first-order chi connectivity index (χ1) is 8.31. The van der Waals surface area contributed by atoms with Crippen molar-refractivity contribution in [1.29, 1.82) is 0 Å². The molecule has 2 aromatic rings. The Morgan fingerprint density at radius 1 is 1.33 bits per heavy atom. The Balaban J connectivity index is 2.56. The van der Waals surface area contributed by atoms with Gasteiger partial charge in [-0.25, -0.2) is 8.42 Å². The molecule has 2 rings (SSSR count). The number of nitrogens with zero attached hydrogens (tertiary/aromatic N) is 1. The van der Waals surface area contributed by atoms with Crippen LogP contribution in [0.15, 0.2) is 24.4 Å². The predicted molar refractivity (Wildman–Crippen MR) is 75.7 cm³/mol. The second-order valence-corrected chi connectivity index (χ2v) is 7.78. The number of aryl methyl sites for hydroxylation is 1. The van der Waals surface area contributed by atoms with Gasteiger partial charge in [0.1, 0.15) is 0 Å². The number of sulfone groups is 1. The predicted octanol–water partition coefficient (Wildman–Crippen LogP) is 3.15. The maximum absolute atomic E-state index is 12.0. The zero-order valence-electron chi connectivity index (χ0n) is 10.6. The molecule has 0 N–H and O–H groups in total. The second-order valence-electron chi connectivity index (χ2n) is 4.78. The van der Waals surface area contributed by atoms with E-state index in [1.54, 1.807) is 13.8 Å². The minimum Gasteiger partial charge on any atom is -0.350 e. The quantitative estimate of drug-likeness (QED) is 0.869. The van der Waals surface area contributed by atoms with E-state index in [2.05, 4.69) is 0 Å². The molecule has 0 atom stereocenters. The monoisotopic (exact) mass is 285 g/mol. The van der Waals surface area contributed by atoms with Gasteiger partial charge in [0.25, 0.3) is 0 Å². The molecule has 18 heavy (non-hydrogen) atoms. The largest absolute Gasteiger partial charge is 0.350 e. The Labute approximate surface area is 112 Å². The molecule has 0 unspecified atom stereocenters. The molecule has 0 saturated heterocycles. The van der Waals surface area contributed by atoms with Crippen molar-refractivity contribution in [2.45, 2.75) is 24.9 Å². The topological polar surface area (TPSA) is 39.1 Å². The molecule has 1 aromatic carbocycles. The maximum atomic E-state index is 12.0. The first kappa shape index (κ1) is 13.4. The van der Waals surface area contributed by atoms with Crippen molar-refractivity contribution >= 4 is 32.3 Å². The maximum Gasteiger partial charge on any atom is 0.156 e. The van der Waals surface area contributed by atoms with Crippen LogP contribution < -0.4 is 0 Å². The minimum atomic E-state index is -3.10. The van der Waals surface area contributed by atoms with Gasteiger partial charge in [0.15, 0.2) is 9.84 Å². The third-order valence-corrected chi connectivity index (χ3v) is 5.49. The molecule has 0 fully saturated rings. The van der Waals surface area contributed by atoms with Crippen molar-refractivity contribution in [2.75, 3.05) is 0 Å². The lowest BCUT2D eigenvalue weighted by Gasteiger charge is -2.06. The number of aromatic nitrogens is 1. The summed E-state index contributed by atoms with van der Waals surface area (Å²) in [5, 5.41) is 1.16. The van der Waals surface area contributed by atoms with Gasteiger partial charge in [-0.3, -0.25) is 0 Å². The number of benzene rings is 1. The zero-order chi connectivity index (χ0) is 13.5. The molecule has 98 valence electrons. The van der Waals surface area contributed by atoms with Crippen LogP contribution >= 0.6 is 11.6 Å². The summed E-state index contributed by atoms with van der Waals surface area (Å²) in [5.41, 5.74) is 1.80. The fourth-order valence-corrected chi connectivity index (χ4v) is 3.11. The average Bonchev–Trinajstić information content (AvgIpc) is 2.54. The summed E-state index contributed by atoms with van der Waals surface area (Å²) in [4.78, 5) is 0. The smallest absolute Gasteiger partial charge is 0.156 e. The van der Waals surface area contributed by atoms with Crippen LogP contribution in [0.4, 0.5) is 0 Å². The molecule has 0 aliphatic carbocycles. The second kappa shape index (κ2) is 4.59. The van der Waals surface area contributed by atoms with Gasteiger partial charge in [0.2, 0.25) is 0 Å². The molecule has 0 saturated carbocycles. The van der Waals surface area contributed by atoms with Gasteiger partial charge < -0.3 is 4.57 Å². The summed E-state index contributed by atoms with van der Waals surface area (Å²) in [6.07, 6.45) is 1.86. The summed E-state index contributed by atoms with van der Waals surface area (Å²) < 4.78 is 25.9. The lowest BCUT2D eigenvalue weighted by atomic mass is 10.2. The van der Waals surface area contributed by atoms with Crippen molar-refractivity contribution in [2.24, 2.45) is 7.05 Å². The van der Waals surface area contributed by atoms with Crippen LogP contribution in [-0.2, 0) is 22.6 Å². The van der Waals surface area contributed by atoms with Crippen LogP contribution in [0, 0.1) is 0 Å². The Morgan fingerprint density at radius 3 is 2.61 bits per heavy atom. The Morgan fingerprint density at radius 2 is 2.00 bits per heavy atom. The van der Waals surface area contributed by atoms with E-state index in [1.165, 1.54) is 0 Å². The van der Waals surface area contributed by atoms with Gasteiger partial charge >= 0.3 is 0 Å². The SMILES string of the molecule is CC(C)S(=O)(=O)Cc1cn(C)c2ccc(Cl)cc12. The van der Waals surface area contributed by atoms with Crippen LogP contribution in [0.2, 0.25) is 5.02 Å². The van der Waals surface area contributed by atoms with Crippen LogP contribution in [-0.4, -0.2) is 18.2 Å². The zero-order valence-corrected chi connectivity index (χ0v) is 12.2. The number of halogens is 1. The Hall–Kier alpha value is -1.00. The van der Waals surface area contributed by atoms with E-state index >= 15 is 0 Å². The summed E-state index contributed by atoms with van der Waals surface area (Å²) in [7, 11) is -1.19. The summed E-state index contributed by atoms with van der Waals surface area (Å²) in [6.45, 7) is 3.40. The van der Waals surface area contributed by atoms with E-state index in [9.17, 15) is 8.42 Å². The molecule has 0 aliphatic heterocycles. The Kier molecular flexibility index (Phi) is 3.43. The molecule has 3 nitrogen and oxygen atoms in total. The van der Waals surface area contributed by atoms with Crippen LogP contribution in [0.5, 0.6) is 0 Å². The van der Waals surface area contributed by atoms with E-state index in [4.69, 9.17) is 11.6 Å². The van der Waals surface area contributed by atoms with Crippen molar-refractivity contribution in [3.63, 3.8) is 0 Å². The average molecular weight is 286 g/mol. The highest BCUT2D eigenvalue weighted by Gasteiger charge is 2.19. The number of fused-ring (bicyclic) bond motifs is 1. The van der Waals surface area contributed by atoms with Crippen molar-refractivity contribution in [3.05, 3.63) is 35.0 Å². The Bertz CT molecular complexity index is 686. The van der Waals surface area contributed by atoms with Gasteiger partial charge in [-0.15, -0.1) is 0 Å². The van der Waals surface area contributed by atoms with Crippen molar-refractivity contribution < 1.29 is 8.42 Å². The van der Waals surface area contributed by atoms with Crippen LogP contribution in [0.1, 0.15) is 19.4 Å². The van der Waals surface area contributed by atoms with E-state index in [-0.39, 0.29) is 11.0 Å². The van der Waals surface area contributed by atoms with Gasteiger partial charge in [-0.1, -0.05) is 11.6 Å². The lowest BCUT2D eigenvalue weighted by Crippen LogP contribution is -2.15. The summed E-state index contributed by atoms with van der Waals surface area (Å²) in [6, 6.07) is 5.54. The fourth-order valence-electron chi connectivity index (χ4n) is 1.94. The van der Waals surface area contributed by atoms with Crippen LogP contribution in [0.3, 0.4) is 0 Å². The molecular weight excluding hydrogens is 270 g/mol. The number of hydrogen-bond acceptors (Lipinski definition) is 2. The first-order valence-electron chi connectivity index (χ1n) is 5.76. The van der Waals surface area contributed by atoms with Gasteiger partial charge in [0.05, 0.1) is 11.0 Å². The third-order valence-electron chi connectivity index (χ3n) is 3.11. The van der Waals surface area contributed by atoms with Gasteiger partial charge in [-0.2, -0.15) is 0 Å². The fraction of sp³-hybridized carbons (Fsp3) is 0.385. The highest BCUT2D eigenvalue weighted by Crippen LogP contribution is 2.26. The van der Waals surface area contributed by atoms with E-state index in [1.807, 2.05) is 36.0 Å². The van der Waals surface area contributed by atoms with Crippen molar-refractivity contribution in [1.82, 2.24) is 4.57 Å². The van der Waals surface area contributed by atoms with Gasteiger partial charge in [0, 0.05) is 29.2 Å². The molecule has 1 aromatic heterocycles. The summed E-state index contributed by atoms with van der Waals surface area (Å²) in [5.74, 6) is 0.0579.